The van der Waals surface area contributed by atoms with Gasteiger partial charge in [0.25, 0.3) is 0 Å². The van der Waals surface area contributed by atoms with E-state index >= 15 is 0 Å². The lowest BCUT2D eigenvalue weighted by Crippen LogP contribution is -3.00. The zero-order chi connectivity index (χ0) is 14.1. The summed E-state index contributed by atoms with van der Waals surface area (Å²) < 4.78 is 1.02. The topological polar surface area (TPSA) is 37.8 Å². The molecule has 0 aliphatic heterocycles. The van der Waals surface area contributed by atoms with Gasteiger partial charge in [0.15, 0.2) is 0 Å². The lowest BCUT2D eigenvalue weighted by molar-refractivity contribution is -0.00000407. The van der Waals surface area contributed by atoms with Gasteiger partial charge >= 0.3 is 0 Å². The van der Waals surface area contributed by atoms with Gasteiger partial charge in [-0.1, -0.05) is 34.1 Å². The number of hydrogen-bond donors (Lipinski definition) is 1. The minimum absolute atomic E-state index is 0. The van der Waals surface area contributed by atoms with Crippen molar-refractivity contribution < 1.29 is 12.4 Å². The average molecular weight is 364 g/mol. The molecule has 0 radical (unpaired) electrons. The molecule has 0 fully saturated rings. The first kappa shape index (κ1) is 15.7. The minimum Gasteiger partial charge on any atom is -1.00 e. The average Bonchev–Trinajstić information content (AvgIpc) is 2.43. The fraction of sp³-hybridized carbons (Fsp3) is 0.125. The smallest absolute Gasteiger partial charge is 0.141 e. The van der Waals surface area contributed by atoms with Crippen LogP contribution in [0.5, 0.6) is 0 Å². The van der Waals surface area contributed by atoms with Crippen LogP contribution in [-0.2, 0) is 0 Å². The van der Waals surface area contributed by atoms with Gasteiger partial charge in [0.1, 0.15) is 12.1 Å². The number of aromatic nitrogens is 2. The van der Waals surface area contributed by atoms with E-state index in [0.29, 0.717) is 0 Å². The van der Waals surface area contributed by atoms with Gasteiger partial charge in [-0.15, -0.1) is 0 Å². The van der Waals surface area contributed by atoms with Gasteiger partial charge in [0.05, 0.1) is 5.52 Å². The molecule has 2 aromatic carbocycles. The quantitative estimate of drug-likeness (QED) is 0.754. The van der Waals surface area contributed by atoms with E-state index in [-0.39, 0.29) is 12.4 Å². The standard InChI is InChI=1S/C16H14BrN3.ClH/c1-10-4-3-5-11(2)15(10)20-16-13-8-12(17)6-7-14(13)18-9-19-16;/h3-9H,1-2H3,(H,18,19,20);1H/p-1. The predicted octanol–water partition coefficient (Wildman–Crippen LogP) is 1.76. The Balaban J connectivity index is 0.00000161. The molecular weight excluding hydrogens is 350 g/mol. The maximum Gasteiger partial charge on any atom is 0.141 e. The normalized spacial score (nSPS) is 10.2. The van der Waals surface area contributed by atoms with Gasteiger partial charge in [0, 0.05) is 15.5 Å². The number of nitrogens with one attached hydrogen (secondary N) is 1. The molecule has 1 N–H and O–H groups in total. The first-order valence-electron chi connectivity index (χ1n) is 6.38. The zero-order valence-electron chi connectivity index (χ0n) is 11.7. The molecule has 0 saturated carbocycles. The molecule has 1 aromatic heterocycles. The van der Waals surface area contributed by atoms with Crippen molar-refractivity contribution in [1.29, 1.82) is 0 Å². The molecular formula is C16H14BrClN3-. The van der Waals surface area contributed by atoms with Crippen LogP contribution >= 0.6 is 15.9 Å². The Morgan fingerprint density at radius 3 is 2.43 bits per heavy atom. The molecule has 0 aliphatic rings. The second-order valence-electron chi connectivity index (χ2n) is 4.78. The van der Waals surface area contributed by atoms with Gasteiger partial charge in [-0.05, 0) is 43.2 Å². The maximum atomic E-state index is 4.38. The van der Waals surface area contributed by atoms with E-state index in [1.165, 1.54) is 11.1 Å². The molecule has 0 atom stereocenters. The van der Waals surface area contributed by atoms with Crippen molar-refractivity contribution in [3.63, 3.8) is 0 Å². The second kappa shape index (κ2) is 6.41. The van der Waals surface area contributed by atoms with E-state index in [2.05, 4.69) is 63.3 Å². The largest absolute Gasteiger partial charge is 1.00 e. The molecule has 3 aromatic rings. The van der Waals surface area contributed by atoms with Crippen LogP contribution in [0.15, 0.2) is 47.2 Å². The predicted molar refractivity (Wildman–Crippen MR) is 86.4 cm³/mol. The van der Waals surface area contributed by atoms with Crippen LogP contribution in [0.25, 0.3) is 10.9 Å². The van der Waals surface area contributed by atoms with Crippen LogP contribution in [0.2, 0.25) is 0 Å². The van der Waals surface area contributed by atoms with Crippen molar-refractivity contribution >= 4 is 38.3 Å². The third-order valence-electron chi connectivity index (χ3n) is 3.32. The number of benzene rings is 2. The molecule has 3 rings (SSSR count). The summed E-state index contributed by atoms with van der Waals surface area (Å²) >= 11 is 3.50. The molecule has 3 nitrogen and oxygen atoms in total. The molecule has 1 heterocycles. The van der Waals surface area contributed by atoms with Crippen LogP contribution in [0.3, 0.4) is 0 Å². The van der Waals surface area contributed by atoms with Crippen molar-refractivity contribution in [2.75, 3.05) is 5.32 Å². The Morgan fingerprint density at radius 2 is 1.71 bits per heavy atom. The zero-order valence-corrected chi connectivity index (χ0v) is 14.0. The van der Waals surface area contributed by atoms with E-state index < -0.39 is 0 Å². The summed E-state index contributed by atoms with van der Waals surface area (Å²) in [5.74, 6) is 0.828. The van der Waals surface area contributed by atoms with Gasteiger partial charge < -0.3 is 17.7 Å². The highest BCUT2D eigenvalue weighted by atomic mass is 79.9. The summed E-state index contributed by atoms with van der Waals surface area (Å²) in [6.45, 7) is 4.18. The summed E-state index contributed by atoms with van der Waals surface area (Å²) in [7, 11) is 0. The Labute approximate surface area is 138 Å². The highest BCUT2D eigenvalue weighted by molar-refractivity contribution is 9.10. The van der Waals surface area contributed by atoms with Gasteiger partial charge in [0.2, 0.25) is 0 Å². The number of halogens is 2. The van der Waals surface area contributed by atoms with Crippen molar-refractivity contribution in [3.05, 3.63) is 58.3 Å². The van der Waals surface area contributed by atoms with E-state index in [0.717, 1.165) is 26.9 Å². The van der Waals surface area contributed by atoms with Gasteiger partial charge in [-0.2, -0.15) is 0 Å². The number of fused-ring (bicyclic) bond motifs is 1. The maximum absolute atomic E-state index is 4.38. The lowest BCUT2D eigenvalue weighted by Gasteiger charge is -2.13. The molecule has 0 aliphatic carbocycles. The summed E-state index contributed by atoms with van der Waals surface area (Å²) in [5, 5.41) is 4.44. The number of anilines is 2. The lowest BCUT2D eigenvalue weighted by atomic mass is 10.1. The molecule has 108 valence electrons. The van der Waals surface area contributed by atoms with Crippen molar-refractivity contribution in [1.82, 2.24) is 9.97 Å². The molecule has 21 heavy (non-hydrogen) atoms. The summed E-state index contributed by atoms with van der Waals surface area (Å²) in [6.07, 6.45) is 1.59. The van der Waals surface area contributed by atoms with Crippen molar-refractivity contribution in [2.24, 2.45) is 0 Å². The van der Waals surface area contributed by atoms with Crippen LogP contribution in [0.4, 0.5) is 11.5 Å². The van der Waals surface area contributed by atoms with Gasteiger partial charge in [-0.25, -0.2) is 9.97 Å². The van der Waals surface area contributed by atoms with E-state index in [1.54, 1.807) is 6.33 Å². The molecule has 0 unspecified atom stereocenters. The summed E-state index contributed by atoms with van der Waals surface area (Å²) in [6, 6.07) is 12.2. The van der Waals surface area contributed by atoms with Crippen LogP contribution in [-0.4, -0.2) is 9.97 Å². The summed E-state index contributed by atoms with van der Waals surface area (Å²) in [5.41, 5.74) is 4.43. The minimum atomic E-state index is 0. The second-order valence-corrected chi connectivity index (χ2v) is 5.69. The number of hydrogen-bond acceptors (Lipinski definition) is 3. The first-order chi connectivity index (χ1) is 9.65. The molecule has 0 saturated heterocycles. The fourth-order valence-electron chi connectivity index (χ4n) is 2.26. The van der Waals surface area contributed by atoms with E-state index in [4.69, 9.17) is 0 Å². The number of rotatable bonds is 2. The summed E-state index contributed by atoms with van der Waals surface area (Å²) in [4.78, 5) is 8.68. The first-order valence-corrected chi connectivity index (χ1v) is 7.18. The highest BCUT2D eigenvalue weighted by Crippen LogP contribution is 2.28. The van der Waals surface area contributed by atoms with Gasteiger partial charge in [-0.3, -0.25) is 0 Å². The molecule has 0 amide bonds. The fourth-order valence-corrected chi connectivity index (χ4v) is 2.62. The van der Waals surface area contributed by atoms with Crippen LogP contribution < -0.4 is 17.7 Å². The van der Waals surface area contributed by atoms with Crippen LogP contribution in [0, 0.1) is 13.8 Å². The number of nitrogens with zero attached hydrogens (tertiary/aromatic N) is 2. The van der Waals surface area contributed by atoms with Crippen molar-refractivity contribution in [3.8, 4) is 0 Å². The highest BCUT2D eigenvalue weighted by Gasteiger charge is 2.07. The Hall–Kier alpha value is -1.65. The molecule has 0 bridgehead atoms. The Bertz CT molecular complexity index is 769. The molecule has 5 heteroatoms. The van der Waals surface area contributed by atoms with E-state index in [1.807, 2.05) is 18.2 Å². The third-order valence-corrected chi connectivity index (χ3v) is 3.82. The monoisotopic (exact) mass is 362 g/mol. The van der Waals surface area contributed by atoms with Crippen LogP contribution in [0.1, 0.15) is 11.1 Å². The van der Waals surface area contributed by atoms with E-state index in [9.17, 15) is 0 Å². The number of para-hydroxylation sites is 1. The Kier molecular flexibility index (Phi) is 4.80. The van der Waals surface area contributed by atoms with Crippen molar-refractivity contribution in [2.45, 2.75) is 13.8 Å². The molecule has 0 spiro atoms. The SMILES string of the molecule is Cc1cccc(C)c1Nc1ncnc2ccc(Br)cc12.[Cl-]. The Morgan fingerprint density at radius 1 is 1.00 bits per heavy atom. The third kappa shape index (κ3) is 3.17. The number of aryl methyl sites for hydroxylation is 2.